The van der Waals surface area contributed by atoms with E-state index in [1.54, 1.807) is 7.11 Å². The van der Waals surface area contributed by atoms with Crippen LogP contribution in [0.2, 0.25) is 0 Å². The van der Waals surface area contributed by atoms with Crippen molar-refractivity contribution in [3.8, 4) is 0 Å². The van der Waals surface area contributed by atoms with Gasteiger partial charge in [-0.1, -0.05) is 13.8 Å². The molecule has 0 fully saturated rings. The quantitative estimate of drug-likeness (QED) is 0.558. The molecule has 0 rings (SSSR count). The van der Waals surface area contributed by atoms with E-state index in [9.17, 15) is 0 Å². The van der Waals surface area contributed by atoms with Crippen molar-refractivity contribution in [3.63, 3.8) is 0 Å². The lowest BCUT2D eigenvalue weighted by Crippen LogP contribution is -2.35. The van der Waals surface area contributed by atoms with Gasteiger partial charge in [-0.05, 0) is 6.42 Å². The number of nitrogens with one attached hydrogen (secondary N) is 1. The van der Waals surface area contributed by atoms with Gasteiger partial charge in [0.2, 0.25) is 0 Å². The van der Waals surface area contributed by atoms with Gasteiger partial charge >= 0.3 is 0 Å². The second-order valence-corrected chi connectivity index (χ2v) is 3.49. The standard InChI is InChI=1S/C9H21NO2/c1-4-9(2,8-11)7-10-5-6-12-3/h10-11H,4-8H2,1-3H3. The van der Waals surface area contributed by atoms with Gasteiger partial charge in [-0.3, -0.25) is 0 Å². The molecule has 0 aliphatic carbocycles. The van der Waals surface area contributed by atoms with Crippen LogP contribution in [0, 0.1) is 5.41 Å². The van der Waals surface area contributed by atoms with Crippen LogP contribution in [0.5, 0.6) is 0 Å². The molecule has 1 atom stereocenters. The van der Waals surface area contributed by atoms with Crippen LogP contribution in [0.15, 0.2) is 0 Å². The van der Waals surface area contributed by atoms with Crippen LogP contribution in [0.25, 0.3) is 0 Å². The van der Waals surface area contributed by atoms with E-state index in [2.05, 4.69) is 19.2 Å². The SMILES string of the molecule is CCC(C)(CO)CNCCOC. The first-order chi connectivity index (χ1) is 5.68. The van der Waals surface area contributed by atoms with Gasteiger partial charge in [-0.2, -0.15) is 0 Å². The summed E-state index contributed by atoms with van der Waals surface area (Å²) in [5, 5.41) is 12.3. The monoisotopic (exact) mass is 175 g/mol. The molecule has 0 radical (unpaired) electrons. The fraction of sp³-hybridized carbons (Fsp3) is 1.00. The molecule has 1 unspecified atom stereocenters. The maximum Gasteiger partial charge on any atom is 0.0587 e. The second kappa shape index (κ2) is 6.40. The van der Waals surface area contributed by atoms with Gasteiger partial charge < -0.3 is 15.2 Å². The third-order valence-electron chi connectivity index (χ3n) is 2.27. The zero-order valence-corrected chi connectivity index (χ0v) is 8.39. The van der Waals surface area contributed by atoms with Gasteiger partial charge in [0, 0.05) is 32.2 Å². The number of methoxy groups -OCH3 is 1. The Bertz CT molecular complexity index is 103. The number of aliphatic hydroxyl groups is 1. The highest BCUT2D eigenvalue weighted by atomic mass is 16.5. The van der Waals surface area contributed by atoms with Crippen LogP contribution in [0.4, 0.5) is 0 Å². The molecule has 0 amide bonds. The van der Waals surface area contributed by atoms with Gasteiger partial charge in [0.25, 0.3) is 0 Å². The van der Waals surface area contributed by atoms with Crippen LogP contribution in [0.1, 0.15) is 20.3 Å². The molecule has 3 heteroatoms. The molecule has 0 saturated carbocycles. The van der Waals surface area contributed by atoms with Crippen LogP contribution in [-0.4, -0.2) is 38.5 Å². The molecule has 0 aliphatic rings. The maximum atomic E-state index is 9.07. The van der Waals surface area contributed by atoms with Crippen molar-refractivity contribution in [1.82, 2.24) is 5.32 Å². The molecule has 0 aromatic carbocycles. The Kier molecular flexibility index (Phi) is 6.34. The van der Waals surface area contributed by atoms with Gasteiger partial charge in [0.1, 0.15) is 0 Å². The summed E-state index contributed by atoms with van der Waals surface area (Å²) in [6.45, 7) is 6.84. The summed E-state index contributed by atoms with van der Waals surface area (Å²) in [5.74, 6) is 0. The first kappa shape index (κ1) is 11.9. The van der Waals surface area contributed by atoms with E-state index < -0.39 is 0 Å². The molecule has 0 bridgehead atoms. The Labute approximate surface area is 75.1 Å². The number of hydrogen-bond donors (Lipinski definition) is 2. The molecule has 0 heterocycles. The zero-order valence-electron chi connectivity index (χ0n) is 8.39. The molecular weight excluding hydrogens is 154 g/mol. The van der Waals surface area contributed by atoms with Crippen LogP contribution in [-0.2, 0) is 4.74 Å². The Morgan fingerprint density at radius 2 is 2.17 bits per heavy atom. The molecule has 2 N–H and O–H groups in total. The normalized spacial score (nSPS) is 16.0. The lowest BCUT2D eigenvalue weighted by atomic mass is 9.89. The molecule has 0 spiro atoms. The molecule has 3 nitrogen and oxygen atoms in total. The van der Waals surface area contributed by atoms with Crippen molar-refractivity contribution in [2.75, 3.05) is 33.4 Å². The van der Waals surface area contributed by atoms with E-state index in [-0.39, 0.29) is 12.0 Å². The van der Waals surface area contributed by atoms with E-state index >= 15 is 0 Å². The molecule has 0 aliphatic heterocycles. The smallest absolute Gasteiger partial charge is 0.0587 e. The Morgan fingerprint density at radius 3 is 2.58 bits per heavy atom. The van der Waals surface area contributed by atoms with Crippen molar-refractivity contribution in [2.24, 2.45) is 5.41 Å². The fourth-order valence-electron chi connectivity index (χ4n) is 0.857. The van der Waals surface area contributed by atoms with Crippen molar-refractivity contribution in [2.45, 2.75) is 20.3 Å². The van der Waals surface area contributed by atoms with E-state index in [0.717, 1.165) is 26.1 Å². The highest BCUT2D eigenvalue weighted by molar-refractivity contribution is 4.73. The molecule has 12 heavy (non-hydrogen) atoms. The average molecular weight is 175 g/mol. The zero-order chi connectivity index (χ0) is 9.45. The maximum absolute atomic E-state index is 9.07. The average Bonchev–Trinajstić information content (AvgIpc) is 2.12. The van der Waals surface area contributed by atoms with Crippen molar-refractivity contribution in [1.29, 1.82) is 0 Å². The summed E-state index contributed by atoms with van der Waals surface area (Å²) in [5.41, 5.74) is 0.0216. The first-order valence-corrected chi connectivity index (χ1v) is 4.49. The number of aliphatic hydroxyl groups excluding tert-OH is 1. The van der Waals surface area contributed by atoms with Crippen molar-refractivity contribution >= 4 is 0 Å². The van der Waals surface area contributed by atoms with Gasteiger partial charge in [-0.25, -0.2) is 0 Å². The minimum Gasteiger partial charge on any atom is -0.396 e. The number of ether oxygens (including phenoxy) is 1. The van der Waals surface area contributed by atoms with Crippen molar-refractivity contribution in [3.05, 3.63) is 0 Å². The number of rotatable bonds is 7. The Hall–Kier alpha value is -0.120. The van der Waals surface area contributed by atoms with E-state index in [1.807, 2.05) is 0 Å². The predicted molar refractivity (Wildman–Crippen MR) is 50.2 cm³/mol. The first-order valence-electron chi connectivity index (χ1n) is 4.49. The van der Waals surface area contributed by atoms with Gasteiger partial charge in [-0.15, -0.1) is 0 Å². The summed E-state index contributed by atoms with van der Waals surface area (Å²) in [4.78, 5) is 0. The van der Waals surface area contributed by atoms with E-state index in [0.29, 0.717) is 0 Å². The topological polar surface area (TPSA) is 41.5 Å². The van der Waals surface area contributed by atoms with Crippen molar-refractivity contribution < 1.29 is 9.84 Å². The highest BCUT2D eigenvalue weighted by Gasteiger charge is 2.19. The molecule has 74 valence electrons. The molecular formula is C9H21NO2. The fourth-order valence-corrected chi connectivity index (χ4v) is 0.857. The van der Waals surface area contributed by atoms with E-state index in [4.69, 9.17) is 9.84 Å². The highest BCUT2D eigenvalue weighted by Crippen LogP contribution is 2.17. The lowest BCUT2D eigenvalue weighted by Gasteiger charge is -2.25. The molecule has 0 aromatic heterocycles. The van der Waals surface area contributed by atoms with Crippen LogP contribution in [0.3, 0.4) is 0 Å². The minimum atomic E-state index is 0.0216. The lowest BCUT2D eigenvalue weighted by molar-refractivity contribution is 0.130. The predicted octanol–water partition coefficient (Wildman–Crippen LogP) is 0.631. The summed E-state index contributed by atoms with van der Waals surface area (Å²) in [7, 11) is 1.69. The third kappa shape index (κ3) is 4.70. The largest absolute Gasteiger partial charge is 0.396 e. The molecule has 0 aromatic rings. The van der Waals surface area contributed by atoms with Gasteiger partial charge in [0.15, 0.2) is 0 Å². The second-order valence-electron chi connectivity index (χ2n) is 3.49. The summed E-state index contributed by atoms with van der Waals surface area (Å²) < 4.78 is 4.90. The van der Waals surface area contributed by atoms with Crippen LogP contribution < -0.4 is 5.32 Å². The third-order valence-corrected chi connectivity index (χ3v) is 2.27. The minimum absolute atomic E-state index is 0.0216. The van der Waals surface area contributed by atoms with Crippen LogP contribution >= 0.6 is 0 Å². The summed E-state index contributed by atoms with van der Waals surface area (Å²) in [6.07, 6.45) is 0.990. The molecule has 0 saturated heterocycles. The summed E-state index contributed by atoms with van der Waals surface area (Å²) in [6, 6.07) is 0. The Morgan fingerprint density at radius 1 is 1.50 bits per heavy atom. The van der Waals surface area contributed by atoms with Gasteiger partial charge in [0.05, 0.1) is 6.61 Å². The summed E-state index contributed by atoms with van der Waals surface area (Å²) >= 11 is 0. The number of hydrogen-bond acceptors (Lipinski definition) is 3. The Balaban J connectivity index is 3.45. The van der Waals surface area contributed by atoms with E-state index in [1.165, 1.54) is 0 Å².